The Bertz CT molecular complexity index is 654. The minimum Gasteiger partial charge on any atom is -0.375 e. The summed E-state index contributed by atoms with van der Waals surface area (Å²) >= 11 is 1.15. The van der Waals surface area contributed by atoms with E-state index in [9.17, 15) is 14.7 Å². The summed E-state index contributed by atoms with van der Waals surface area (Å²) in [6.07, 6.45) is 0. The number of rotatable bonds is 1. The van der Waals surface area contributed by atoms with Crippen molar-refractivity contribution < 1.29 is 14.7 Å². The van der Waals surface area contributed by atoms with Gasteiger partial charge in [0, 0.05) is 11.3 Å². The molecule has 0 saturated carbocycles. The number of amides is 2. The SMILES string of the molecule is CC1SC(=O)NN=C1c1ccc2c(c1)C(C)(O)C(=O)N2. The van der Waals surface area contributed by atoms with Crippen LogP contribution in [0.5, 0.6) is 0 Å². The van der Waals surface area contributed by atoms with Gasteiger partial charge in [-0.05, 0) is 31.5 Å². The summed E-state index contributed by atoms with van der Waals surface area (Å²) in [4.78, 5) is 22.9. The maximum atomic E-state index is 11.7. The fourth-order valence-corrected chi connectivity index (χ4v) is 3.04. The van der Waals surface area contributed by atoms with Crippen molar-refractivity contribution in [1.29, 1.82) is 0 Å². The Balaban J connectivity index is 2.05. The predicted molar refractivity (Wildman–Crippen MR) is 76.8 cm³/mol. The molecule has 0 spiro atoms. The van der Waals surface area contributed by atoms with E-state index in [0.29, 0.717) is 17.0 Å². The summed E-state index contributed by atoms with van der Waals surface area (Å²) in [6, 6.07) is 5.29. The molecule has 20 heavy (non-hydrogen) atoms. The molecule has 2 aliphatic heterocycles. The van der Waals surface area contributed by atoms with Crippen LogP contribution >= 0.6 is 11.8 Å². The molecule has 2 heterocycles. The van der Waals surface area contributed by atoms with E-state index in [1.54, 1.807) is 12.1 Å². The van der Waals surface area contributed by atoms with Gasteiger partial charge in [-0.25, -0.2) is 5.43 Å². The van der Waals surface area contributed by atoms with Crippen LogP contribution in [0.2, 0.25) is 0 Å². The highest BCUT2D eigenvalue weighted by molar-refractivity contribution is 8.14. The molecule has 104 valence electrons. The molecule has 2 aliphatic rings. The first kappa shape index (κ1) is 13.1. The summed E-state index contributed by atoms with van der Waals surface area (Å²) in [7, 11) is 0. The third kappa shape index (κ3) is 1.90. The van der Waals surface area contributed by atoms with Crippen molar-refractivity contribution in [3.63, 3.8) is 0 Å². The first-order valence-electron chi connectivity index (χ1n) is 6.12. The number of fused-ring (bicyclic) bond motifs is 1. The summed E-state index contributed by atoms with van der Waals surface area (Å²) in [6.45, 7) is 3.34. The Morgan fingerprint density at radius 2 is 2.15 bits per heavy atom. The van der Waals surface area contributed by atoms with Gasteiger partial charge in [0.15, 0.2) is 5.60 Å². The minimum atomic E-state index is -1.54. The maximum absolute atomic E-state index is 11.7. The van der Waals surface area contributed by atoms with E-state index < -0.39 is 11.5 Å². The topological polar surface area (TPSA) is 90.8 Å². The average molecular weight is 291 g/mol. The second kappa shape index (κ2) is 4.32. The van der Waals surface area contributed by atoms with Crippen LogP contribution < -0.4 is 10.7 Å². The minimum absolute atomic E-state index is 0.0863. The quantitative estimate of drug-likeness (QED) is 0.729. The number of benzene rings is 1. The molecule has 0 aliphatic carbocycles. The molecule has 2 unspecified atom stereocenters. The number of nitrogens with one attached hydrogen (secondary N) is 2. The third-order valence-corrected chi connectivity index (χ3v) is 4.35. The Morgan fingerprint density at radius 3 is 2.85 bits per heavy atom. The van der Waals surface area contributed by atoms with Crippen molar-refractivity contribution in [2.75, 3.05) is 5.32 Å². The number of hydrogen-bond acceptors (Lipinski definition) is 5. The van der Waals surface area contributed by atoms with E-state index in [2.05, 4.69) is 15.8 Å². The first-order chi connectivity index (χ1) is 9.39. The Labute approximate surface area is 119 Å². The van der Waals surface area contributed by atoms with Crippen LogP contribution in [0.4, 0.5) is 10.5 Å². The van der Waals surface area contributed by atoms with Crippen molar-refractivity contribution in [3.8, 4) is 0 Å². The van der Waals surface area contributed by atoms with E-state index in [-0.39, 0.29) is 10.5 Å². The largest absolute Gasteiger partial charge is 0.375 e. The van der Waals surface area contributed by atoms with Crippen LogP contribution in [0, 0.1) is 0 Å². The van der Waals surface area contributed by atoms with Gasteiger partial charge in [-0.1, -0.05) is 17.8 Å². The molecular formula is C13H13N3O3S. The number of hydrogen-bond donors (Lipinski definition) is 3. The molecule has 6 nitrogen and oxygen atoms in total. The molecule has 3 rings (SSSR count). The van der Waals surface area contributed by atoms with Gasteiger partial charge in [0.1, 0.15) is 0 Å². The molecular weight excluding hydrogens is 278 g/mol. The number of carbonyl (C=O) groups is 2. The molecule has 1 aromatic rings. The molecule has 2 atom stereocenters. The standard InChI is InChI=1S/C13H13N3O3S/c1-6-10(15-16-12(18)20-6)7-3-4-9-8(5-7)13(2,19)11(17)14-9/h3-6,19H,1-2H3,(H,14,17)(H,16,18). The van der Waals surface area contributed by atoms with Crippen LogP contribution in [-0.2, 0) is 10.4 Å². The number of nitrogens with zero attached hydrogens (tertiary/aromatic N) is 1. The van der Waals surface area contributed by atoms with E-state index in [0.717, 1.165) is 17.3 Å². The predicted octanol–water partition coefficient (Wildman–Crippen LogP) is 1.40. The lowest BCUT2D eigenvalue weighted by Gasteiger charge is -2.20. The molecule has 0 fully saturated rings. The van der Waals surface area contributed by atoms with Crippen LogP contribution in [0.15, 0.2) is 23.3 Å². The first-order valence-corrected chi connectivity index (χ1v) is 7.00. The fourth-order valence-electron chi connectivity index (χ4n) is 2.32. The normalized spacial score (nSPS) is 28.6. The molecule has 1 aromatic carbocycles. The molecule has 7 heteroatoms. The number of anilines is 1. The lowest BCUT2D eigenvalue weighted by Crippen LogP contribution is -2.31. The van der Waals surface area contributed by atoms with Crippen molar-refractivity contribution >= 4 is 34.3 Å². The van der Waals surface area contributed by atoms with Gasteiger partial charge in [0.05, 0.1) is 11.0 Å². The van der Waals surface area contributed by atoms with Gasteiger partial charge < -0.3 is 10.4 Å². The van der Waals surface area contributed by atoms with Crippen LogP contribution in [0.25, 0.3) is 0 Å². The van der Waals surface area contributed by atoms with Crippen LogP contribution in [-0.4, -0.2) is 27.2 Å². The highest BCUT2D eigenvalue weighted by atomic mass is 32.2. The smallest absolute Gasteiger partial charge is 0.299 e. The van der Waals surface area contributed by atoms with Gasteiger partial charge in [0.2, 0.25) is 0 Å². The molecule has 0 bridgehead atoms. The number of thioether (sulfide) groups is 1. The lowest BCUT2D eigenvalue weighted by molar-refractivity contribution is -0.131. The zero-order valence-electron chi connectivity index (χ0n) is 10.9. The second-order valence-corrected chi connectivity index (χ2v) is 6.26. The second-order valence-electron chi connectivity index (χ2n) is 4.94. The van der Waals surface area contributed by atoms with E-state index in [4.69, 9.17) is 0 Å². The van der Waals surface area contributed by atoms with E-state index in [1.807, 2.05) is 13.0 Å². The number of carbonyl (C=O) groups excluding carboxylic acids is 2. The summed E-state index contributed by atoms with van der Waals surface area (Å²) in [5, 5.41) is 16.6. The van der Waals surface area contributed by atoms with Crippen molar-refractivity contribution in [1.82, 2.24) is 5.43 Å². The van der Waals surface area contributed by atoms with Crippen LogP contribution in [0.1, 0.15) is 25.0 Å². The third-order valence-electron chi connectivity index (χ3n) is 3.47. The Hall–Kier alpha value is -1.86. The number of aliphatic hydroxyl groups is 1. The Morgan fingerprint density at radius 1 is 1.40 bits per heavy atom. The van der Waals surface area contributed by atoms with Gasteiger partial charge in [-0.2, -0.15) is 5.10 Å². The van der Waals surface area contributed by atoms with E-state index in [1.165, 1.54) is 6.92 Å². The summed E-state index contributed by atoms with van der Waals surface area (Å²) in [5.74, 6) is -0.439. The average Bonchev–Trinajstić information content (AvgIpc) is 2.60. The molecule has 0 aromatic heterocycles. The van der Waals surface area contributed by atoms with Crippen LogP contribution in [0.3, 0.4) is 0 Å². The zero-order valence-corrected chi connectivity index (χ0v) is 11.7. The van der Waals surface area contributed by atoms with Gasteiger partial charge >= 0.3 is 0 Å². The highest BCUT2D eigenvalue weighted by Gasteiger charge is 2.41. The molecule has 3 N–H and O–H groups in total. The molecule has 2 amide bonds. The maximum Gasteiger partial charge on any atom is 0.299 e. The Kier molecular flexibility index (Phi) is 2.84. The zero-order chi connectivity index (χ0) is 14.5. The monoisotopic (exact) mass is 291 g/mol. The number of hydrazone groups is 1. The van der Waals surface area contributed by atoms with Gasteiger partial charge in [-0.3, -0.25) is 9.59 Å². The summed E-state index contributed by atoms with van der Waals surface area (Å²) < 4.78 is 0. The lowest BCUT2D eigenvalue weighted by atomic mass is 9.94. The molecule has 0 radical (unpaired) electrons. The molecule has 0 saturated heterocycles. The van der Waals surface area contributed by atoms with Gasteiger partial charge in [-0.15, -0.1) is 0 Å². The van der Waals surface area contributed by atoms with Crippen molar-refractivity contribution in [3.05, 3.63) is 29.3 Å². The van der Waals surface area contributed by atoms with Crippen molar-refractivity contribution in [2.45, 2.75) is 24.7 Å². The summed E-state index contributed by atoms with van der Waals surface area (Å²) in [5.41, 5.74) is 3.50. The van der Waals surface area contributed by atoms with E-state index >= 15 is 0 Å². The van der Waals surface area contributed by atoms with Gasteiger partial charge in [0.25, 0.3) is 11.1 Å². The fraction of sp³-hybridized carbons (Fsp3) is 0.308. The van der Waals surface area contributed by atoms with Crippen molar-refractivity contribution in [2.24, 2.45) is 5.10 Å². The highest BCUT2D eigenvalue weighted by Crippen LogP contribution is 2.36.